The summed E-state index contributed by atoms with van der Waals surface area (Å²) in [5.41, 5.74) is 2.77. The molecule has 5 heteroatoms. The number of carbonyl (C=O) groups excluding carboxylic acids is 1. The second kappa shape index (κ2) is 6.89. The lowest BCUT2D eigenvalue weighted by Crippen LogP contribution is -2.09. The molecule has 100 valence electrons. The van der Waals surface area contributed by atoms with Crippen LogP contribution >= 0.6 is 15.9 Å². The lowest BCUT2D eigenvalue weighted by molar-refractivity contribution is -0.131. The van der Waals surface area contributed by atoms with Gasteiger partial charge in [0.25, 0.3) is 0 Å². The van der Waals surface area contributed by atoms with Gasteiger partial charge in [0.1, 0.15) is 0 Å². The first-order chi connectivity index (χ1) is 8.93. The Kier molecular flexibility index (Phi) is 5.51. The van der Waals surface area contributed by atoms with Crippen molar-refractivity contribution in [2.75, 3.05) is 5.32 Å². The monoisotopic (exact) mass is 323 g/mol. The van der Waals surface area contributed by atoms with Gasteiger partial charge >= 0.3 is 5.97 Å². The number of benzene rings is 1. The van der Waals surface area contributed by atoms with Gasteiger partial charge in [0, 0.05) is 16.6 Å². The highest BCUT2D eigenvalue weighted by Crippen LogP contribution is 2.26. The fraction of sp³-hybridized carbons (Fsp3) is 0.143. The molecule has 0 atom stereocenters. The molecule has 4 nitrogen and oxygen atoms in total. The average Bonchev–Trinajstić information content (AvgIpc) is 2.37. The van der Waals surface area contributed by atoms with E-state index in [-0.39, 0.29) is 0 Å². The Bertz CT molecular complexity index is 562. The number of carbonyl (C=O) groups is 2. The molecule has 0 aromatic heterocycles. The predicted molar refractivity (Wildman–Crippen MR) is 78.9 cm³/mol. The van der Waals surface area contributed by atoms with Gasteiger partial charge in [0.05, 0.1) is 5.69 Å². The fourth-order valence-corrected chi connectivity index (χ4v) is 1.83. The minimum absolute atomic E-state index is 0.487. The van der Waals surface area contributed by atoms with E-state index < -0.39 is 11.9 Å². The zero-order chi connectivity index (χ0) is 14.4. The van der Waals surface area contributed by atoms with Crippen LogP contribution in [0.1, 0.15) is 19.4 Å². The summed E-state index contributed by atoms with van der Waals surface area (Å²) in [7, 11) is 0. The van der Waals surface area contributed by atoms with Crippen molar-refractivity contribution in [3.63, 3.8) is 0 Å². The van der Waals surface area contributed by atoms with Gasteiger partial charge in [-0.25, -0.2) is 4.79 Å². The van der Waals surface area contributed by atoms with Crippen LogP contribution in [0.2, 0.25) is 0 Å². The average molecular weight is 324 g/mol. The van der Waals surface area contributed by atoms with E-state index in [0.717, 1.165) is 27.8 Å². The number of amides is 1. The number of nitrogens with one attached hydrogen (secondary N) is 1. The van der Waals surface area contributed by atoms with Crippen LogP contribution in [0.15, 0.2) is 40.9 Å². The minimum Gasteiger partial charge on any atom is -0.478 e. The van der Waals surface area contributed by atoms with Crippen LogP contribution in [-0.2, 0) is 9.59 Å². The Morgan fingerprint density at radius 1 is 1.32 bits per heavy atom. The van der Waals surface area contributed by atoms with E-state index in [9.17, 15) is 9.59 Å². The summed E-state index contributed by atoms with van der Waals surface area (Å²) in [5, 5.41) is 11.0. The molecular weight excluding hydrogens is 310 g/mol. The van der Waals surface area contributed by atoms with E-state index in [1.165, 1.54) is 0 Å². The van der Waals surface area contributed by atoms with E-state index in [1.807, 2.05) is 32.1 Å². The maximum Gasteiger partial charge on any atom is 0.328 e. The summed E-state index contributed by atoms with van der Waals surface area (Å²) in [5.74, 6) is -1.65. The highest BCUT2D eigenvalue weighted by molar-refractivity contribution is 9.10. The lowest BCUT2D eigenvalue weighted by Gasteiger charge is -2.08. The summed E-state index contributed by atoms with van der Waals surface area (Å²) in [6, 6.07) is 5.54. The molecular formula is C14H14BrNO3. The number of allylic oxidation sites excluding steroid dienone is 2. The Balaban J connectivity index is 2.86. The van der Waals surface area contributed by atoms with Gasteiger partial charge in [-0.2, -0.15) is 0 Å². The molecule has 0 heterocycles. The van der Waals surface area contributed by atoms with Gasteiger partial charge in [-0.15, -0.1) is 0 Å². The number of carboxylic acid groups (broad SMARTS) is 1. The topological polar surface area (TPSA) is 66.4 Å². The number of carboxylic acids is 1. The van der Waals surface area contributed by atoms with Crippen LogP contribution < -0.4 is 5.32 Å². The summed E-state index contributed by atoms with van der Waals surface area (Å²) >= 11 is 3.37. The standard InChI is InChI=1S/C14H14BrNO3/c1-3-9(2)10-4-5-12(11(15)8-10)16-13(17)6-7-14(18)19/h3-8H,1-2H3,(H,16,17)(H,18,19). The Labute approximate surface area is 120 Å². The van der Waals surface area contributed by atoms with Crippen molar-refractivity contribution in [3.8, 4) is 0 Å². The van der Waals surface area contributed by atoms with Gasteiger partial charge in [0.2, 0.25) is 5.91 Å². The van der Waals surface area contributed by atoms with Crippen LogP contribution in [0.3, 0.4) is 0 Å². The number of anilines is 1. The van der Waals surface area contributed by atoms with Crippen molar-refractivity contribution >= 4 is 39.1 Å². The molecule has 1 amide bonds. The first-order valence-corrected chi connectivity index (χ1v) is 6.38. The highest BCUT2D eigenvalue weighted by atomic mass is 79.9. The van der Waals surface area contributed by atoms with Gasteiger partial charge in [-0.1, -0.05) is 12.1 Å². The van der Waals surface area contributed by atoms with E-state index in [0.29, 0.717) is 5.69 Å². The first kappa shape index (κ1) is 15.2. The Hall–Kier alpha value is -1.88. The molecule has 0 saturated carbocycles. The van der Waals surface area contributed by atoms with Crippen LogP contribution in [0.25, 0.3) is 5.57 Å². The molecule has 0 saturated heterocycles. The summed E-state index contributed by atoms with van der Waals surface area (Å²) in [6.07, 6.45) is 3.76. The quantitative estimate of drug-likeness (QED) is 0.834. The predicted octanol–water partition coefficient (Wildman–Crippen LogP) is 3.45. The third-order valence-electron chi connectivity index (χ3n) is 2.49. The highest BCUT2D eigenvalue weighted by Gasteiger charge is 2.05. The molecule has 0 radical (unpaired) electrons. The smallest absolute Gasteiger partial charge is 0.328 e. The number of hydrogen-bond acceptors (Lipinski definition) is 2. The van der Waals surface area contributed by atoms with Crippen LogP contribution in [-0.4, -0.2) is 17.0 Å². The molecule has 1 aromatic carbocycles. The normalized spacial score (nSPS) is 11.6. The molecule has 0 aliphatic carbocycles. The molecule has 0 unspecified atom stereocenters. The second-order valence-corrected chi connectivity index (χ2v) is 4.68. The zero-order valence-electron chi connectivity index (χ0n) is 10.6. The third-order valence-corrected chi connectivity index (χ3v) is 3.15. The van der Waals surface area contributed by atoms with Crippen LogP contribution in [0, 0.1) is 0 Å². The minimum atomic E-state index is -1.16. The molecule has 0 aliphatic rings. The van der Waals surface area contributed by atoms with E-state index in [4.69, 9.17) is 5.11 Å². The van der Waals surface area contributed by atoms with Crippen molar-refractivity contribution in [1.29, 1.82) is 0 Å². The van der Waals surface area contributed by atoms with E-state index in [2.05, 4.69) is 21.2 Å². The molecule has 19 heavy (non-hydrogen) atoms. The van der Waals surface area contributed by atoms with Gasteiger partial charge < -0.3 is 10.4 Å². The molecule has 1 aromatic rings. The largest absolute Gasteiger partial charge is 0.478 e. The van der Waals surface area contributed by atoms with Gasteiger partial charge in [0.15, 0.2) is 0 Å². The number of halogens is 1. The summed E-state index contributed by atoms with van der Waals surface area (Å²) < 4.78 is 0.739. The Morgan fingerprint density at radius 3 is 2.53 bits per heavy atom. The third kappa shape index (κ3) is 4.71. The fourth-order valence-electron chi connectivity index (χ4n) is 1.35. The first-order valence-electron chi connectivity index (χ1n) is 5.59. The van der Waals surface area contributed by atoms with E-state index >= 15 is 0 Å². The van der Waals surface area contributed by atoms with Gasteiger partial charge in [-0.3, -0.25) is 4.79 Å². The van der Waals surface area contributed by atoms with Crippen LogP contribution in [0.4, 0.5) is 5.69 Å². The van der Waals surface area contributed by atoms with Crippen molar-refractivity contribution in [3.05, 3.63) is 46.5 Å². The molecule has 2 N–H and O–H groups in total. The van der Waals surface area contributed by atoms with Crippen molar-refractivity contribution < 1.29 is 14.7 Å². The maximum absolute atomic E-state index is 11.5. The van der Waals surface area contributed by atoms with Crippen LogP contribution in [0.5, 0.6) is 0 Å². The number of hydrogen-bond donors (Lipinski definition) is 2. The number of aliphatic carboxylic acids is 1. The summed E-state index contributed by atoms with van der Waals surface area (Å²) in [6.45, 7) is 3.95. The maximum atomic E-state index is 11.5. The van der Waals surface area contributed by atoms with Crippen molar-refractivity contribution in [1.82, 2.24) is 0 Å². The molecule has 0 fully saturated rings. The second-order valence-electron chi connectivity index (χ2n) is 3.83. The SMILES string of the molecule is CC=C(C)c1ccc(NC(=O)C=CC(=O)O)c(Br)c1. The summed E-state index contributed by atoms with van der Waals surface area (Å²) in [4.78, 5) is 21.7. The molecule has 0 aliphatic heterocycles. The Morgan fingerprint density at radius 2 is 2.00 bits per heavy atom. The van der Waals surface area contributed by atoms with E-state index in [1.54, 1.807) is 6.07 Å². The molecule has 0 bridgehead atoms. The number of rotatable bonds is 4. The van der Waals surface area contributed by atoms with Gasteiger partial charge in [-0.05, 0) is 53.0 Å². The van der Waals surface area contributed by atoms with Crippen molar-refractivity contribution in [2.24, 2.45) is 0 Å². The van der Waals surface area contributed by atoms with Crippen molar-refractivity contribution in [2.45, 2.75) is 13.8 Å². The lowest BCUT2D eigenvalue weighted by atomic mass is 10.1. The zero-order valence-corrected chi connectivity index (χ0v) is 12.2. The molecule has 0 spiro atoms. The molecule has 1 rings (SSSR count).